The maximum absolute atomic E-state index is 13.6. The van der Waals surface area contributed by atoms with E-state index in [-0.39, 0.29) is 5.78 Å². The maximum Gasteiger partial charge on any atom is 0.414 e. The van der Waals surface area contributed by atoms with E-state index in [9.17, 15) is 9.59 Å². The Morgan fingerprint density at radius 2 is 1.40 bits per heavy atom. The van der Waals surface area contributed by atoms with Gasteiger partial charge in [0.1, 0.15) is 11.3 Å². The lowest BCUT2D eigenvalue weighted by molar-refractivity contribution is -0.159. The second-order valence-corrected chi connectivity index (χ2v) is 10.1. The summed E-state index contributed by atoms with van der Waals surface area (Å²) in [7, 11) is 0. The molecule has 0 spiro atoms. The van der Waals surface area contributed by atoms with Crippen molar-refractivity contribution in [3.63, 3.8) is 0 Å². The molecule has 0 atom stereocenters. The number of rotatable bonds is 15. The van der Waals surface area contributed by atoms with Crippen LogP contribution in [0.5, 0.6) is 0 Å². The number of hydrogen-bond acceptors (Lipinski definition) is 6. The molecular weight excluding hydrogens is 536 g/mol. The van der Waals surface area contributed by atoms with Gasteiger partial charge < -0.3 is 20.4 Å². The first-order valence-electron chi connectivity index (χ1n) is 14.5. The first kappa shape index (κ1) is 34.0. The first-order valence-corrected chi connectivity index (χ1v) is 14.5. The van der Waals surface area contributed by atoms with Crippen LogP contribution in [-0.2, 0) is 16.0 Å². The highest BCUT2D eigenvalue weighted by Gasteiger charge is 2.22. The second-order valence-electron chi connectivity index (χ2n) is 10.1. The molecule has 3 aromatic rings. The molecular formula is C33H42N2O7. The van der Waals surface area contributed by atoms with Crippen LogP contribution in [0.25, 0.3) is 17.0 Å². The van der Waals surface area contributed by atoms with Gasteiger partial charge in [-0.2, -0.15) is 0 Å². The standard InChI is InChI=1S/C31H40N2O3.C2H2O4/c1-4-7-12-28-29(26-22-25(31(32)35)17-18-27(26)36-28)30(34)24-15-13-23(14-16-24)11-10-21-33(19-8-5-2)20-9-6-3;3-1(4)2(5)6/h10-11,13-18,22H,4-9,12,19-21H2,1-3H3,(H2,32,35);(H,3,4)(H,5,6)/b11-10-;. The summed E-state index contributed by atoms with van der Waals surface area (Å²) < 4.78 is 6.04. The molecule has 1 heterocycles. The highest BCUT2D eigenvalue weighted by Crippen LogP contribution is 2.30. The van der Waals surface area contributed by atoms with E-state index >= 15 is 0 Å². The minimum Gasteiger partial charge on any atom is -0.473 e. The van der Waals surface area contributed by atoms with E-state index in [0.29, 0.717) is 39.8 Å². The number of benzene rings is 2. The molecule has 9 heteroatoms. The smallest absolute Gasteiger partial charge is 0.414 e. The van der Waals surface area contributed by atoms with Crippen molar-refractivity contribution in [3.05, 3.63) is 76.6 Å². The Hall–Kier alpha value is -4.24. The Bertz CT molecular complexity index is 1350. The number of nitrogens with zero attached hydrogens (tertiary/aromatic N) is 1. The summed E-state index contributed by atoms with van der Waals surface area (Å²) in [5, 5.41) is 15.4. The lowest BCUT2D eigenvalue weighted by Gasteiger charge is -2.19. The number of primary amides is 1. The highest BCUT2D eigenvalue weighted by atomic mass is 16.4. The molecule has 2 aromatic carbocycles. The Kier molecular flexibility index (Phi) is 14.2. The number of ketones is 1. The van der Waals surface area contributed by atoms with E-state index in [0.717, 1.165) is 38.0 Å². The van der Waals surface area contributed by atoms with Crippen LogP contribution in [-0.4, -0.2) is 58.4 Å². The van der Waals surface area contributed by atoms with Gasteiger partial charge in [0.2, 0.25) is 5.91 Å². The molecule has 226 valence electrons. The third-order valence-electron chi connectivity index (χ3n) is 6.72. The number of fused-ring (bicyclic) bond motifs is 1. The predicted molar refractivity (Wildman–Crippen MR) is 164 cm³/mol. The van der Waals surface area contributed by atoms with Gasteiger partial charge in [-0.3, -0.25) is 14.5 Å². The fourth-order valence-electron chi connectivity index (χ4n) is 4.35. The molecule has 0 aliphatic rings. The number of carbonyl (C=O) groups is 4. The molecule has 0 saturated heterocycles. The van der Waals surface area contributed by atoms with Gasteiger partial charge in [-0.1, -0.05) is 76.5 Å². The zero-order valence-electron chi connectivity index (χ0n) is 24.7. The zero-order valence-corrected chi connectivity index (χ0v) is 24.7. The van der Waals surface area contributed by atoms with Crippen molar-refractivity contribution in [1.82, 2.24) is 4.90 Å². The van der Waals surface area contributed by atoms with E-state index < -0.39 is 17.8 Å². The van der Waals surface area contributed by atoms with Crippen LogP contribution in [0.15, 0.2) is 53.0 Å². The molecule has 4 N–H and O–H groups in total. The average molecular weight is 579 g/mol. The van der Waals surface area contributed by atoms with Gasteiger partial charge in [-0.25, -0.2) is 9.59 Å². The summed E-state index contributed by atoms with van der Waals surface area (Å²) in [6, 6.07) is 12.7. The molecule has 0 saturated carbocycles. The van der Waals surface area contributed by atoms with E-state index in [1.165, 1.54) is 25.7 Å². The number of carboxylic acids is 2. The van der Waals surface area contributed by atoms with E-state index in [1.54, 1.807) is 18.2 Å². The number of carboxylic acid groups (broad SMARTS) is 2. The molecule has 1 amide bonds. The Morgan fingerprint density at radius 1 is 0.833 bits per heavy atom. The van der Waals surface area contributed by atoms with Gasteiger partial charge in [0.15, 0.2) is 5.78 Å². The Labute approximate surface area is 247 Å². The van der Waals surface area contributed by atoms with Gasteiger partial charge in [0.25, 0.3) is 0 Å². The molecule has 1 aromatic heterocycles. The van der Waals surface area contributed by atoms with Crippen molar-refractivity contribution in [1.29, 1.82) is 0 Å². The average Bonchev–Trinajstić information content (AvgIpc) is 3.34. The lowest BCUT2D eigenvalue weighted by atomic mass is 9.96. The number of amides is 1. The van der Waals surface area contributed by atoms with E-state index in [2.05, 4.69) is 37.8 Å². The van der Waals surface area contributed by atoms with Crippen molar-refractivity contribution in [2.75, 3.05) is 19.6 Å². The van der Waals surface area contributed by atoms with E-state index in [1.807, 2.05) is 24.3 Å². The van der Waals surface area contributed by atoms with Crippen molar-refractivity contribution < 1.29 is 33.8 Å². The van der Waals surface area contributed by atoms with Crippen LogP contribution in [0.4, 0.5) is 0 Å². The molecule has 0 aliphatic carbocycles. The number of furan rings is 1. The highest BCUT2D eigenvalue weighted by molar-refractivity contribution is 6.27. The Balaban J connectivity index is 0.000000928. The number of carbonyl (C=O) groups excluding carboxylic acids is 2. The van der Waals surface area contributed by atoms with Crippen LogP contribution in [0.3, 0.4) is 0 Å². The zero-order chi connectivity index (χ0) is 31.1. The second kappa shape index (κ2) is 17.5. The number of nitrogens with two attached hydrogens (primary N) is 1. The largest absolute Gasteiger partial charge is 0.473 e. The summed E-state index contributed by atoms with van der Waals surface area (Å²) in [6.45, 7) is 9.76. The van der Waals surface area contributed by atoms with Crippen LogP contribution >= 0.6 is 0 Å². The van der Waals surface area contributed by atoms with Crippen LogP contribution in [0.2, 0.25) is 0 Å². The number of hydrogen-bond donors (Lipinski definition) is 3. The number of unbranched alkanes of at least 4 members (excludes halogenated alkanes) is 3. The van der Waals surface area contributed by atoms with Gasteiger partial charge in [0.05, 0.1) is 5.56 Å². The molecule has 42 heavy (non-hydrogen) atoms. The third-order valence-corrected chi connectivity index (χ3v) is 6.72. The van der Waals surface area contributed by atoms with Crippen LogP contribution in [0.1, 0.15) is 96.9 Å². The van der Waals surface area contributed by atoms with E-state index in [4.69, 9.17) is 30.0 Å². The van der Waals surface area contributed by atoms with Gasteiger partial charge >= 0.3 is 11.9 Å². The molecule has 0 fully saturated rings. The van der Waals surface area contributed by atoms with Crippen molar-refractivity contribution in [2.45, 2.75) is 65.7 Å². The van der Waals surface area contributed by atoms with Gasteiger partial charge in [-0.05, 0) is 56.1 Å². The molecule has 0 radical (unpaired) electrons. The molecule has 0 bridgehead atoms. The Morgan fingerprint density at radius 3 is 1.93 bits per heavy atom. The molecule has 9 nitrogen and oxygen atoms in total. The third kappa shape index (κ3) is 10.3. The molecule has 3 rings (SSSR count). The van der Waals surface area contributed by atoms with Gasteiger partial charge in [0, 0.05) is 29.5 Å². The predicted octanol–water partition coefficient (Wildman–Crippen LogP) is 6.18. The lowest BCUT2D eigenvalue weighted by Crippen LogP contribution is -2.26. The number of aliphatic carboxylic acids is 2. The summed E-state index contributed by atoms with van der Waals surface area (Å²) in [5.41, 5.74) is 8.66. The SMILES string of the molecule is CCCCc1oc2ccc(C(N)=O)cc2c1C(=O)c1ccc(/C=C\CN(CCCC)CCCC)cc1.O=C(O)C(=O)O. The fourth-order valence-corrected chi connectivity index (χ4v) is 4.35. The summed E-state index contributed by atoms with van der Waals surface area (Å²) in [4.78, 5) is 46.0. The first-order chi connectivity index (χ1) is 20.1. The summed E-state index contributed by atoms with van der Waals surface area (Å²) in [6.07, 6.45) is 11.8. The van der Waals surface area contributed by atoms with Crippen molar-refractivity contribution in [2.24, 2.45) is 5.73 Å². The monoisotopic (exact) mass is 578 g/mol. The van der Waals surface area contributed by atoms with Crippen molar-refractivity contribution in [3.8, 4) is 0 Å². The van der Waals surface area contributed by atoms with Crippen LogP contribution < -0.4 is 5.73 Å². The minimum atomic E-state index is -1.82. The number of aryl methyl sites for hydroxylation is 1. The normalized spacial score (nSPS) is 11.0. The topological polar surface area (TPSA) is 151 Å². The van der Waals surface area contributed by atoms with Crippen LogP contribution in [0, 0.1) is 0 Å². The van der Waals surface area contributed by atoms with Gasteiger partial charge in [-0.15, -0.1) is 0 Å². The van der Waals surface area contributed by atoms with Crippen molar-refractivity contribution >= 4 is 40.7 Å². The quantitative estimate of drug-likeness (QED) is 0.143. The minimum absolute atomic E-state index is 0.0951. The summed E-state index contributed by atoms with van der Waals surface area (Å²) in [5.74, 6) is -3.60. The fraction of sp³-hybridized carbons (Fsp3) is 0.394. The maximum atomic E-state index is 13.6. The molecule has 0 aliphatic heterocycles. The molecule has 0 unspecified atom stereocenters. The summed E-state index contributed by atoms with van der Waals surface area (Å²) >= 11 is 0.